The van der Waals surface area contributed by atoms with Crippen LogP contribution in [-0.2, 0) is 0 Å². The summed E-state index contributed by atoms with van der Waals surface area (Å²) >= 11 is 0. The number of hydrogen-bond donors (Lipinski definition) is 0. The van der Waals surface area contributed by atoms with E-state index in [9.17, 15) is 0 Å². The molecule has 0 aliphatic rings. The van der Waals surface area contributed by atoms with Gasteiger partial charge in [0, 0.05) is 66.0 Å². The van der Waals surface area contributed by atoms with Crippen LogP contribution in [0.5, 0.6) is 0 Å². The van der Waals surface area contributed by atoms with E-state index in [0.717, 1.165) is 78.3 Å². The summed E-state index contributed by atoms with van der Waals surface area (Å²) in [4.78, 5) is 20.8. The molecular formula is C98H62N6. The fourth-order valence-electron chi connectivity index (χ4n) is 15.9. The zero-order chi connectivity index (χ0) is 68.6. The average molecular weight is 1320 g/mol. The van der Waals surface area contributed by atoms with Gasteiger partial charge in [0.2, 0.25) is 0 Å². The fraction of sp³-hybridized carbons (Fsp3) is 0. The molecule has 17 aromatic carbocycles. The van der Waals surface area contributed by atoms with Crippen molar-refractivity contribution >= 4 is 108 Å². The van der Waals surface area contributed by atoms with E-state index in [1.807, 2.05) is 18.2 Å². The molecule has 0 spiro atoms. The van der Waals surface area contributed by atoms with Gasteiger partial charge in [-0.25, -0.2) is 19.9 Å². The Balaban J connectivity index is 0.000000139. The van der Waals surface area contributed by atoms with Gasteiger partial charge in [0.25, 0.3) is 0 Å². The van der Waals surface area contributed by atoms with E-state index in [-0.39, 0.29) is 0 Å². The first-order valence-corrected chi connectivity index (χ1v) is 35.4. The van der Waals surface area contributed by atoms with Crippen LogP contribution >= 0.6 is 0 Å². The van der Waals surface area contributed by atoms with E-state index in [4.69, 9.17) is 19.9 Å². The first-order valence-electron chi connectivity index (χ1n) is 35.4. The molecule has 0 aliphatic carbocycles. The first kappa shape index (κ1) is 60.1. The summed E-state index contributed by atoms with van der Waals surface area (Å²) in [5.41, 5.74) is 19.1. The van der Waals surface area contributed by atoms with Gasteiger partial charge in [-0.3, -0.25) is 0 Å². The molecule has 0 aliphatic heterocycles. The van der Waals surface area contributed by atoms with Gasteiger partial charge >= 0.3 is 0 Å². The maximum Gasteiger partial charge on any atom is 0.160 e. The Morgan fingerprint density at radius 1 is 0.183 bits per heavy atom. The summed E-state index contributed by atoms with van der Waals surface area (Å²) in [7, 11) is 0. The third-order valence-electron chi connectivity index (χ3n) is 20.8. The van der Waals surface area contributed by atoms with Gasteiger partial charge in [-0.05, 0) is 131 Å². The Hall–Kier alpha value is -13.9. The van der Waals surface area contributed by atoms with Crippen LogP contribution in [0.15, 0.2) is 376 Å². The normalized spacial score (nSPS) is 11.7. The molecule has 6 heteroatoms. The highest BCUT2D eigenvalue weighted by molar-refractivity contribution is 6.30. The molecule has 104 heavy (non-hydrogen) atoms. The fourth-order valence-corrected chi connectivity index (χ4v) is 15.9. The number of aromatic nitrogens is 6. The Labute approximate surface area is 600 Å². The molecule has 484 valence electrons. The molecule has 0 radical (unpaired) electrons. The van der Waals surface area contributed by atoms with Crippen LogP contribution < -0.4 is 0 Å². The van der Waals surface area contributed by atoms with Crippen molar-refractivity contribution in [2.45, 2.75) is 0 Å². The number of hydrogen-bond acceptors (Lipinski definition) is 4. The highest BCUT2D eigenvalue weighted by atomic mass is 15.0. The Bertz CT molecular complexity index is 6770. The molecule has 6 nitrogen and oxygen atoms in total. The lowest BCUT2D eigenvalue weighted by atomic mass is 9.99. The summed E-state index contributed by atoms with van der Waals surface area (Å²) in [5, 5.41) is 19.8. The maximum atomic E-state index is 5.30. The van der Waals surface area contributed by atoms with Gasteiger partial charge in [0.05, 0.1) is 50.5 Å². The lowest BCUT2D eigenvalue weighted by Crippen LogP contribution is -1.98. The van der Waals surface area contributed by atoms with E-state index in [0.29, 0.717) is 11.6 Å². The van der Waals surface area contributed by atoms with Crippen LogP contribution in [0.25, 0.3) is 199 Å². The predicted molar refractivity (Wildman–Crippen MR) is 436 cm³/mol. The molecule has 0 atom stereocenters. The second-order valence-corrected chi connectivity index (χ2v) is 26.8. The van der Waals surface area contributed by atoms with Crippen molar-refractivity contribution in [2.75, 3.05) is 0 Å². The minimum Gasteiger partial charge on any atom is -0.309 e. The van der Waals surface area contributed by atoms with Crippen molar-refractivity contribution in [3.8, 4) is 90.3 Å². The number of nitrogens with zero attached hydrogens (tertiary/aromatic N) is 6. The summed E-state index contributed by atoms with van der Waals surface area (Å²) in [6.45, 7) is 0. The maximum absolute atomic E-state index is 5.30. The molecule has 21 rings (SSSR count). The van der Waals surface area contributed by atoms with Crippen molar-refractivity contribution < 1.29 is 0 Å². The zero-order valence-electron chi connectivity index (χ0n) is 56.5. The molecule has 0 bridgehead atoms. The molecule has 0 N–H and O–H groups in total. The highest BCUT2D eigenvalue weighted by Crippen LogP contribution is 2.45. The molecule has 0 saturated carbocycles. The minimum atomic E-state index is 0.692. The van der Waals surface area contributed by atoms with Crippen LogP contribution in [0.2, 0.25) is 0 Å². The lowest BCUT2D eigenvalue weighted by molar-refractivity contribution is 1.16. The molecular weight excluding hydrogens is 1260 g/mol. The summed E-state index contributed by atoms with van der Waals surface area (Å²) in [6.07, 6.45) is 0. The zero-order valence-corrected chi connectivity index (χ0v) is 56.5. The summed E-state index contributed by atoms with van der Waals surface area (Å²) in [5.74, 6) is 1.40. The van der Waals surface area contributed by atoms with E-state index in [1.54, 1.807) is 0 Å². The van der Waals surface area contributed by atoms with Crippen LogP contribution in [0.4, 0.5) is 0 Å². The van der Waals surface area contributed by atoms with Gasteiger partial charge in [-0.2, -0.15) is 0 Å². The summed E-state index contributed by atoms with van der Waals surface area (Å²) < 4.78 is 4.86. The first-order chi connectivity index (χ1) is 51.6. The number of rotatable bonds is 9. The van der Waals surface area contributed by atoms with Gasteiger partial charge in [-0.15, -0.1) is 0 Å². The van der Waals surface area contributed by atoms with E-state index < -0.39 is 0 Å². The topological polar surface area (TPSA) is 61.4 Å². The molecule has 0 amide bonds. The van der Waals surface area contributed by atoms with E-state index in [1.165, 1.54) is 109 Å². The molecule has 0 saturated heterocycles. The third kappa shape index (κ3) is 10.3. The Morgan fingerprint density at radius 2 is 0.519 bits per heavy atom. The van der Waals surface area contributed by atoms with Crippen LogP contribution in [0, 0.1) is 0 Å². The summed E-state index contributed by atoms with van der Waals surface area (Å²) in [6, 6.07) is 134. The van der Waals surface area contributed by atoms with Gasteiger partial charge < -0.3 is 9.13 Å². The lowest BCUT2D eigenvalue weighted by Gasteiger charge is -2.15. The molecule has 4 heterocycles. The van der Waals surface area contributed by atoms with Gasteiger partial charge in [0.15, 0.2) is 11.6 Å². The van der Waals surface area contributed by atoms with Crippen LogP contribution in [0.1, 0.15) is 0 Å². The van der Waals surface area contributed by atoms with Gasteiger partial charge in [-0.1, -0.05) is 315 Å². The largest absolute Gasteiger partial charge is 0.309 e. The Kier molecular flexibility index (Phi) is 14.5. The molecule has 4 aromatic heterocycles. The van der Waals surface area contributed by atoms with E-state index >= 15 is 0 Å². The van der Waals surface area contributed by atoms with Crippen LogP contribution in [-0.4, -0.2) is 29.1 Å². The number of benzene rings is 17. The monoisotopic (exact) mass is 1320 g/mol. The van der Waals surface area contributed by atoms with Crippen molar-refractivity contribution in [3.05, 3.63) is 376 Å². The smallest absolute Gasteiger partial charge is 0.160 e. The predicted octanol–water partition coefficient (Wildman–Crippen LogP) is 25.7. The third-order valence-corrected chi connectivity index (χ3v) is 20.8. The average Bonchev–Trinajstić information content (AvgIpc) is 1.72. The second kappa shape index (κ2) is 25.0. The van der Waals surface area contributed by atoms with Crippen molar-refractivity contribution in [2.24, 2.45) is 0 Å². The Morgan fingerprint density at radius 3 is 1.04 bits per heavy atom. The molecule has 21 aromatic rings. The van der Waals surface area contributed by atoms with Crippen molar-refractivity contribution in [1.82, 2.24) is 29.1 Å². The van der Waals surface area contributed by atoms with Crippen molar-refractivity contribution in [1.29, 1.82) is 0 Å². The van der Waals surface area contributed by atoms with Gasteiger partial charge in [0.1, 0.15) is 0 Å². The number of fused-ring (bicyclic) bond motifs is 16. The minimum absolute atomic E-state index is 0.692. The van der Waals surface area contributed by atoms with Crippen molar-refractivity contribution in [3.63, 3.8) is 0 Å². The second-order valence-electron chi connectivity index (χ2n) is 26.8. The standard InChI is InChI=1S/C50H31N3.C48H31N3/c1-2-15-35(16-3-1)43-31-44(52-50(51-43)37-25-24-32-12-4-5-17-36(32)30-37)41-21-10-22-42-40(41)20-11-23-45(42)53-46-28-26-33-13-6-8-18-38(33)48(46)49-39-19-9-7-14-34(39)27-29-47(49)53;1-3-12-32(13-4-1)33-22-24-37(25-23-33)43-31-42(36-16-5-2-6-17-36)49-48(50-43)38-18-11-19-39(30-38)51-44-28-26-34-14-7-9-20-40(34)46(44)47-41-21-10-8-15-35(41)27-29-45(47)51/h1-31H;1-31H. The molecule has 0 fully saturated rings. The van der Waals surface area contributed by atoms with E-state index in [2.05, 4.69) is 367 Å². The molecule has 0 unspecified atom stereocenters. The SMILES string of the molecule is c1ccc(-c2cc(-c3cccc4c(-n5c6ccc7ccccc7c6c6c7ccccc7ccc65)cccc34)nc(-c3ccc4ccccc4c3)n2)cc1.c1ccc(-c2ccc(-c3cc(-c4ccccc4)nc(-c4cccc(-n5c6ccc7ccccc7c6c6c7ccccc7ccc65)c4)n3)cc2)cc1. The highest BCUT2D eigenvalue weighted by Gasteiger charge is 2.23. The quantitative estimate of drug-likeness (QED) is 0.144. The van der Waals surface area contributed by atoms with Crippen LogP contribution in [0.3, 0.4) is 0 Å².